The van der Waals surface area contributed by atoms with Gasteiger partial charge in [0.2, 0.25) is 11.8 Å². The van der Waals surface area contributed by atoms with E-state index in [1.807, 2.05) is 32.9 Å². The maximum absolute atomic E-state index is 12.9. The van der Waals surface area contributed by atoms with E-state index in [0.29, 0.717) is 36.3 Å². The Hall–Kier alpha value is -3.46. The molecule has 1 aliphatic heterocycles. The fourth-order valence-corrected chi connectivity index (χ4v) is 4.51. The average Bonchev–Trinajstić information content (AvgIpc) is 3.37. The van der Waals surface area contributed by atoms with Gasteiger partial charge in [0.1, 0.15) is 5.82 Å². The highest BCUT2D eigenvalue weighted by molar-refractivity contribution is 6.06. The Balaban J connectivity index is 1.24. The molecule has 1 aliphatic rings. The maximum atomic E-state index is 12.9. The summed E-state index contributed by atoms with van der Waals surface area (Å²) >= 11 is 0. The molecule has 0 bridgehead atoms. The number of carbonyl (C=O) groups is 1. The highest BCUT2D eigenvalue weighted by Gasteiger charge is 2.21. The van der Waals surface area contributed by atoms with Gasteiger partial charge in [0.05, 0.1) is 17.9 Å². The van der Waals surface area contributed by atoms with Crippen LogP contribution in [0, 0.1) is 5.92 Å². The highest BCUT2D eigenvalue weighted by atomic mass is 16.5. The smallest absolute Gasteiger partial charge is 0.261 e. The van der Waals surface area contributed by atoms with E-state index in [1.165, 1.54) is 32.4 Å². The number of pyridine rings is 2. The molecule has 0 saturated carbocycles. The summed E-state index contributed by atoms with van der Waals surface area (Å²) < 4.78 is 11.2. The Labute approximate surface area is 225 Å². The number of piperidine rings is 1. The van der Waals surface area contributed by atoms with E-state index in [-0.39, 0.29) is 11.3 Å². The summed E-state index contributed by atoms with van der Waals surface area (Å²) in [6.45, 7) is 9.81. The quantitative estimate of drug-likeness (QED) is 0.334. The van der Waals surface area contributed by atoms with Gasteiger partial charge >= 0.3 is 0 Å². The lowest BCUT2D eigenvalue weighted by Crippen LogP contribution is -2.30. The molecule has 9 heteroatoms. The van der Waals surface area contributed by atoms with Crippen molar-refractivity contribution in [3.8, 4) is 5.88 Å². The van der Waals surface area contributed by atoms with E-state index in [4.69, 9.17) is 9.26 Å². The zero-order valence-electron chi connectivity index (χ0n) is 23.0. The minimum absolute atomic E-state index is 0.169. The molecule has 0 aromatic carbocycles. The Morgan fingerprint density at radius 1 is 1.16 bits per heavy atom. The minimum Gasteiger partial charge on any atom is -0.478 e. The van der Waals surface area contributed by atoms with Crippen LogP contribution in [0.2, 0.25) is 0 Å². The molecule has 1 saturated heterocycles. The number of carbonyl (C=O) groups excluding carboxylic acids is 1. The molecule has 2 N–H and O–H groups in total. The Bertz CT molecular complexity index is 1180. The molecule has 38 heavy (non-hydrogen) atoms. The third-order valence-electron chi connectivity index (χ3n) is 6.92. The van der Waals surface area contributed by atoms with E-state index in [9.17, 15) is 4.79 Å². The number of ether oxygens (including phenoxy) is 1. The molecule has 3 aromatic rings. The van der Waals surface area contributed by atoms with Crippen molar-refractivity contribution in [3.05, 3.63) is 59.5 Å². The van der Waals surface area contributed by atoms with Crippen molar-refractivity contribution >= 4 is 17.6 Å². The van der Waals surface area contributed by atoms with E-state index < -0.39 is 0 Å². The molecule has 1 amide bonds. The van der Waals surface area contributed by atoms with Gasteiger partial charge in [-0.15, -0.1) is 0 Å². The Kier molecular flexibility index (Phi) is 9.33. The van der Waals surface area contributed by atoms with Gasteiger partial charge in [-0.2, -0.15) is 0 Å². The third-order valence-corrected chi connectivity index (χ3v) is 6.92. The van der Waals surface area contributed by atoms with Crippen molar-refractivity contribution < 1.29 is 14.1 Å². The van der Waals surface area contributed by atoms with Gasteiger partial charge in [0.15, 0.2) is 0 Å². The Morgan fingerprint density at radius 3 is 2.74 bits per heavy atom. The summed E-state index contributed by atoms with van der Waals surface area (Å²) in [5.74, 6) is 1.99. The normalized spacial score (nSPS) is 14.8. The van der Waals surface area contributed by atoms with Crippen LogP contribution in [0.3, 0.4) is 0 Å². The molecule has 4 rings (SSSR count). The van der Waals surface area contributed by atoms with Crippen molar-refractivity contribution in [2.24, 2.45) is 5.92 Å². The first-order chi connectivity index (χ1) is 18.3. The molecule has 3 aromatic heterocycles. The summed E-state index contributed by atoms with van der Waals surface area (Å²) in [5, 5.41) is 10.1. The predicted molar refractivity (Wildman–Crippen MR) is 149 cm³/mol. The number of likely N-dealkylation sites (tertiary alicyclic amines) is 1. The second-order valence-corrected chi connectivity index (χ2v) is 11.1. The van der Waals surface area contributed by atoms with Crippen molar-refractivity contribution in [3.63, 3.8) is 0 Å². The SMILES string of the molecule is CN1CCC(CCCOc2cc(CCNc3ncccc3C(=O)Nc3cc(C(C)(C)C)no3)ccn2)CC1. The van der Waals surface area contributed by atoms with Gasteiger partial charge in [-0.25, -0.2) is 9.97 Å². The highest BCUT2D eigenvalue weighted by Crippen LogP contribution is 2.25. The number of nitrogens with one attached hydrogen (secondary N) is 2. The van der Waals surface area contributed by atoms with E-state index in [1.54, 1.807) is 30.6 Å². The van der Waals surface area contributed by atoms with Crippen LogP contribution in [-0.2, 0) is 11.8 Å². The second-order valence-electron chi connectivity index (χ2n) is 11.1. The van der Waals surface area contributed by atoms with Crippen LogP contribution in [-0.4, -0.2) is 59.2 Å². The van der Waals surface area contributed by atoms with Crippen molar-refractivity contribution in [2.75, 3.05) is 43.9 Å². The lowest BCUT2D eigenvalue weighted by molar-refractivity contribution is 0.102. The van der Waals surface area contributed by atoms with Gasteiger partial charge in [-0.05, 0) is 81.9 Å². The summed E-state index contributed by atoms with van der Waals surface area (Å²) in [5.41, 5.74) is 2.15. The van der Waals surface area contributed by atoms with Crippen LogP contribution >= 0.6 is 0 Å². The third kappa shape index (κ3) is 8.02. The standard InChI is InChI=1S/C29H40N6O3/c1-29(2,3)24-20-26(38-34-24)33-28(36)23-8-5-13-31-27(23)32-15-10-22-9-14-30-25(19-22)37-18-6-7-21-11-16-35(4)17-12-21/h5,8-9,13-14,19-21H,6-7,10-12,15-18H2,1-4H3,(H,31,32)(H,33,36). The average molecular weight is 521 g/mol. The van der Waals surface area contributed by atoms with E-state index >= 15 is 0 Å². The van der Waals surface area contributed by atoms with Gasteiger partial charge < -0.3 is 19.5 Å². The zero-order valence-corrected chi connectivity index (χ0v) is 23.0. The first kappa shape index (κ1) is 27.6. The number of hydrogen-bond acceptors (Lipinski definition) is 8. The molecule has 0 unspecified atom stereocenters. The topological polar surface area (TPSA) is 105 Å². The van der Waals surface area contributed by atoms with E-state index in [2.05, 4.69) is 37.7 Å². The van der Waals surface area contributed by atoms with Crippen LogP contribution < -0.4 is 15.4 Å². The monoisotopic (exact) mass is 520 g/mol. The van der Waals surface area contributed by atoms with E-state index in [0.717, 1.165) is 30.0 Å². The van der Waals surface area contributed by atoms with Crippen LogP contribution in [0.5, 0.6) is 5.88 Å². The maximum Gasteiger partial charge on any atom is 0.261 e. The summed E-state index contributed by atoms with van der Waals surface area (Å²) in [6, 6.07) is 9.19. The van der Waals surface area contributed by atoms with Crippen LogP contribution in [0.15, 0.2) is 47.2 Å². The van der Waals surface area contributed by atoms with Crippen molar-refractivity contribution in [1.29, 1.82) is 0 Å². The van der Waals surface area contributed by atoms with Gasteiger partial charge in [0.25, 0.3) is 5.91 Å². The summed E-state index contributed by atoms with van der Waals surface area (Å²) in [6.07, 6.45) is 9.02. The number of hydrogen-bond donors (Lipinski definition) is 2. The van der Waals surface area contributed by atoms with Gasteiger partial charge in [-0.3, -0.25) is 10.1 Å². The minimum atomic E-state index is -0.308. The number of aromatic nitrogens is 3. The fraction of sp³-hybridized carbons (Fsp3) is 0.517. The van der Waals surface area contributed by atoms with Crippen molar-refractivity contribution in [2.45, 2.75) is 58.3 Å². The lowest BCUT2D eigenvalue weighted by atomic mass is 9.92. The largest absolute Gasteiger partial charge is 0.478 e. The number of anilines is 2. The number of rotatable bonds is 11. The molecular formula is C29H40N6O3. The molecule has 9 nitrogen and oxygen atoms in total. The lowest BCUT2D eigenvalue weighted by Gasteiger charge is -2.28. The summed E-state index contributed by atoms with van der Waals surface area (Å²) in [4.78, 5) is 24.0. The summed E-state index contributed by atoms with van der Waals surface area (Å²) in [7, 11) is 2.20. The molecule has 4 heterocycles. The molecule has 0 spiro atoms. The number of nitrogens with zero attached hydrogens (tertiary/aromatic N) is 4. The first-order valence-electron chi connectivity index (χ1n) is 13.5. The van der Waals surface area contributed by atoms with Crippen LogP contribution in [0.1, 0.15) is 68.1 Å². The first-order valence-corrected chi connectivity index (χ1v) is 13.5. The Morgan fingerprint density at radius 2 is 1.97 bits per heavy atom. The van der Waals surface area contributed by atoms with Crippen LogP contribution in [0.4, 0.5) is 11.7 Å². The molecule has 0 atom stereocenters. The molecule has 0 radical (unpaired) electrons. The van der Waals surface area contributed by atoms with Crippen LogP contribution in [0.25, 0.3) is 0 Å². The molecule has 0 aliphatic carbocycles. The second kappa shape index (κ2) is 12.9. The fourth-order valence-electron chi connectivity index (χ4n) is 4.51. The van der Waals surface area contributed by atoms with Gasteiger partial charge in [0, 0.05) is 36.5 Å². The van der Waals surface area contributed by atoms with Gasteiger partial charge in [-0.1, -0.05) is 25.9 Å². The predicted octanol–water partition coefficient (Wildman–Crippen LogP) is 5.17. The van der Waals surface area contributed by atoms with Crippen molar-refractivity contribution in [1.82, 2.24) is 20.0 Å². The molecule has 204 valence electrons. The zero-order chi connectivity index (χ0) is 27.0. The number of amides is 1. The molecular weight excluding hydrogens is 480 g/mol. The molecule has 1 fully saturated rings.